The molecule has 2 nitrogen and oxygen atoms in total. The molecular formula is C12H25NO. The summed E-state index contributed by atoms with van der Waals surface area (Å²) < 4.78 is 5.71. The van der Waals surface area contributed by atoms with Crippen molar-refractivity contribution in [2.75, 3.05) is 19.7 Å². The van der Waals surface area contributed by atoms with Crippen molar-refractivity contribution in [3.63, 3.8) is 0 Å². The summed E-state index contributed by atoms with van der Waals surface area (Å²) in [5, 5.41) is 3.50. The van der Waals surface area contributed by atoms with Gasteiger partial charge in [-0.05, 0) is 32.7 Å². The Morgan fingerprint density at radius 1 is 1.29 bits per heavy atom. The summed E-state index contributed by atoms with van der Waals surface area (Å²) in [5.74, 6) is 0. The van der Waals surface area contributed by atoms with Crippen molar-refractivity contribution in [3.05, 3.63) is 0 Å². The zero-order chi connectivity index (χ0) is 10.3. The topological polar surface area (TPSA) is 21.3 Å². The maximum absolute atomic E-state index is 5.71. The molecule has 0 spiro atoms. The first-order chi connectivity index (χ1) is 6.77. The molecule has 1 aliphatic rings. The Kier molecular flexibility index (Phi) is 5.49. The van der Waals surface area contributed by atoms with E-state index in [-0.39, 0.29) is 5.60 Å². The molecule has 1 rings (SSSR count). The molecule has 1 saturated heterocycles. The van der Waals surface area contributed by atoms with Crippen molar-refractivity contribution in [2.24, 2.45) is 0 Å². The van der Waals surface area contributed by atoms with Crippen molar-refractivity contribution in [3.8, 4) is 0 Å². The number of unbranched alkanes of at least 4 members (excludes halogenated alkanes) is 3. The summed E-state index contributed by atoms with van der Waals surface area (Å²) >= 11 is 0. The van der Waals surface area contributed by atoms with Crippen LogP contribution in [-0.2, 0) is 4.74 Å². The van der Waals surface area contributed by atoms with Crippen LogP contribution in [0.1, 0.15) is 52.4 Å². The molecule has 1 aliphatic heterocycles. The summed E-state index contributed by atoms with van der Waals surface area (Å²) in [6.07, 6.45) is 7.81. The molecule has 0 aromatic rings. The van der Waals surface area contributed by atoms with E-state index in [2.05, 4.69) is 19.2 Å². The number of rotatable bonds is 7. The molecule has 0 bridgehead atoms. The lowest BCUT2D eigenvalue weighted by Gasteiger charge is -2.23. The summed E-state index contributed by atoms with van der Waals surface area (Å²) in [5.41, 5.74) is 0.130. The van der Waals surface area contributed by atoms with Gasteiger partial charge in [-0.25, -0.2) is 0 Å². The van der Waals surface area contributed by atoms with Gasteiger partial charge in [-0.1, -0.05) is 26.2 Å². The molecule has 0 aromatic heterocycles. The molecule has 1 N–H and O–H groups in total. The van der Waals surface area contributed by atoms with Crippen LogP contribution in [0, 0.1) is 0 Å². The van der Waals surface area contributed by atoms with Crippen LogP contribution in [0.5, 0.6) is 0 Å². The number of hydrogen-bond donors (Lipinski definition) is 1. The maximum atomic E-state index is 5.71. The van der Waals surface area contributed by atoms with E-state index in [9.17, 15) is 0 Å². The third-order valence-electron chi connectivity index (χ3n) is 3.01. The maximum Gasteiger partial charge on any atom is 0.0779 e. The normalized spacial score (nSPS) is 27.0. The predicted octanol–water partition coefficient (Wildman–Crippen LogP) is 2.73. The zero-order valence-electron chi connectivity index (χ0n) is 9.77. The second kappa shape index (κ2) is 6.41. The zero-order valence-corrected chi connectivity index (χ0v) is 9.77. The van der Waals surface area contributed by atoms with Crippen molar-refractivity contribution < 1.29 is 4.74 Å². The molecule has 1 fully saturated rings. The van der Waals surface area contributed by atoms with E-state index >= 15 is 0 Å². The van der Waals surface area contributed by atoms with Crippen LogP contribution in [0.25, 0.3) is 0 Å². The molecule has 1 heterocycles. The van der Waals surface area contributed by atoms with E-state index in [1.807, 2.05) is 0 Å². The van der Waals surface area contributed by atoms with Crippen LogP contribution in [0.3, 0.4) is 0 Å². The van der Waals surface area contributed by atoms with Gasteiger partial charge in [-0.3, -0.25) is 0 Å². The minimum Gasteiger partial charge on any atom is -0.374 e. The molecule has 0 aliphatic carbocycles. The van der Waals surface area contributed by atoms with Gasteiger partial charge in [0.05, 0.1) is 5.60 Å². The van der Waals surface area contributed by atoms with Gasteiger partial charge in [0, 0.05) is 13.2 Å². The SMILES string of the molecule is CCCCCCNCC1(C)CCCO1. The fourth-order valence-electron chi connectivity index (χ4n) is 2.01. The van der Waals surface area contributed by atoms with Crippen LogP contribution in [0.15, 0.2) is 0 Å². The first kappa shape index (κ1) is 12.0. The Morgan fingerprint density at radius 3 is 2.79 bits per heavy atom. The minimum absolute atomic E-state index is 0.130. The van der Waals surface area contributed by atoms with Gasteiger partial charge in [0.15, 0.2) is 0 Å². The van der Waals surface area contributed by atoms with E-state index in [0.29, 0.717) is 0 Å². The summed E-state index contributed by atoms with van der Waals surface area (Å²) in [6, 6.07) is 0. The van der Waals surface area contributed by atoms with Gasteiger partial charge >= 0.3 is 0 Å². The Morgan fingerprint density at radius 2 is 2.14 bits per heavy atom. The Hall–Kier alpha value is -0.0800. The monoisotopic (exact) mass is 199 g/mol. The first-order valence-electron chi connectivity index (χ1n) is 6.11. The predicted molar refractivity (Wildman–Crippen MR) is 60.6 cm³/mol. The van der Waals surface area contributed by atoms with E-state index < -0.39 is 0 Å². The van der Waals surface area contributed by atoms with Gasteiger partial charge in [0.2, 0.25) is 0 Å². The highest BCUT2D eigenvalue weighted by Gasteiger charge is 2.28. The lowest BCUT2D eigenvalue weighted by molar-refractivity contribution is 0.0210. The van der Waals surface area contributed by atoms with Crippen LogP contribution < -0.4 is 5.32 Å². The van der Waals surface area contributed by atoms with Crippen molar-refractivity contribution in [1.29, 1.82) is 0 Å². The Bertz CT molecular complexity index is 141. The third kappa shape index (κ3) is 4.43. The molecule has 0 saturated carbocycles. The van der Waals surface area contributed by atoms with Gasteiger partial charge < -0.3 is 10.1 Å². The van der Waals surface area contributed by atoms with Gasteiger partial charge in [0.1, 0.15) is 0 Å². The molecule has 14 heavy (non-hydrogen) atoms. The van der Waals surface area contributed by atoms with E-state index in [1.54, 1.807) is 0 Å². The number of ether oxygens (including phenoxy) is 1. The van der Waals surface area contributed by atoms with E-state index in [1.165, 1.54) is 38.5 Å². The van der Waals surface area contributed by atoms with Gasteiger partial charge in [-0.2, -0.15) is 0 Å². The molecule has 1 unspecified atom stereocenters. The molecule has 0 amide bonds. The Labute approximate surface area is 88.4 Å². The standard InChI is InChI=1S/C12H25NO/c1-3-4-5-6-9-13-11-12(2)8-7-10-14-12/h13H,3-11H2,1-2H3. The van der Waals surface area contributed by atoms with Crippen LogP contribution in [0.2, 0.25) is 0 Å². The van der Waals surface area contributed by atoms with Gasteiger partial charge in [0.25, 0.3) is 0 Å². The largest absolute Gasteiger partial charge is 0.374 e. The summed E-state index contributed by atoms with van der Waals surface area (Å²) in [4.78, 5) is 0. The van der Waals surface area contributed by atoms with Crippen LogP contribution in [0.4, 0.5) is 0 Å². The van der Waals surface area contributed by atoms with Crippen molar-refractivity contribution >= 4 is 0 Å². The average molecular weight is 199 g/mol. The highest BCUT2D eigenvalue weighted by molar-refractivity contribution is 4.82. The molecular weight excluding hydrogens is 174 g/mol. The second-order valence-electron chi connectivity index (χ2n) is 4.64. The highest BCUT2D eigenvalue weighted by atomic mass is 16.5. The van der Waals surface area contributed by atoms with Crippen LogP contribution >= 0.6 is 0 Å². The fourth-order valence-corrected chi connectivity index (χ4v) is 2.01. The molecule has 0 radical (unpaired) electrons. The smallest absolute Gasteiger partial charge is 0.0779 e. The average Bonchev–Trinajstić information content (AvgIpc) is 2.59. The first-order valence-corrected chi connectivity index (χ1v) is 6.11. The highest BCUT2D eigenvalue weighted by Crippen LogP contribution is 2.23. The summed E-state index contributed by atoms with van der Waals surface area (Å²) in [7, 11) is 0. The second-order valence-corrected chi connectivity index (χ2v) is 4.64. The summed E-state index contributed by atoms with van der Waals surface area (Å²) in [6.45, 7) is 7.60. The lowest BCUT2D eigenvalue weighted by Crippen LogP contribution is -2.37. The third-order valence-corrected chi connectivity index (χ3v) is 3.01. The van der Waals surface area contributed by atoms with Crippen molar-refractivity contribution in [1.82, 2.24) is 5.32 Å². The molecule has 2 heteroatoms. The minimum atomic E-state index is 0.130. The molecule has 0 aromatic carbocycles. The van der Waals surface area contributed by atoms with Crippen molar-refractivity contribution in [2.45, 2.75) is 58.0 Å². The van der Waals surface area contributed by atoms with E-state index in [4.69, 9.17) is 4.74 Å². The van der Waals surface area contributed by atoms with Gasteiger partial charge in [-0.15, -0.1) is 0 Å². The quantitative estimate of drug-likeness (QED) is 0.637. The van der Waals surface area contributed by atoms with E-state index in [0.717, 1.165) is 19.7 Å². The lowest BCUT2D eigenvalue weighted by atomic mass is 10.0. The Balaban J connectivity index is 1.92. The number of hydrogen-bond acceptors (Lipinski definition) is 2. The van der Waals surface area contributed by atoms with Crippen LogP contribution in [-0.4, -0.2) is 25.3 Å². The fraction of sp³-hybridized carbons (Fsp3) is 1.00. The molecule has 84 valence electrons. The molecule has 1 atom stereocenters. The number of nitrogens with one attached hydrogen (secondary N) is 1.